The molecule has 0 spiro atoms. The van der Waals surface area contributed by atoms with E-state index in [0.717, 1.165) is 35.4 Å². The van der Waals surface area contributed by atoms with Crippen LogP contribution in [0.2, 0.25) is 0 Å². The third-order valence-electron chi connectivity index (χ3n) is 4.45. The van der Waals surface area contributed by atoms with E-state index in [1.807, 2.05) is 60.7 Å². The monoisotopic (exact) mass is 453 g/mol. The Balaban J connectivity index is 0.00000272. The molecule has 0 radical (unpaired) electrons. The van der Waals surface area contributed by atoms with Gasteiger partial charge in [0.05, 0.1) is 5.69 Å². The molecule has 0 aliphatic carbocycles. The molecule has 6 nitrogen and oxygen atoms in total. The molecule has 31 heavy (non-hydrogen) atoms. The summed E-state index contributed by atoms with van der Waals surface area (Å²) in [5, 5.41) is 16.3. The third kappa shape index (κ3) is 6.82. The van der Waals surface area contributed by atoms with Crippen LogP contribution >= 0.6 is 24.2 Å². The summed E-state index contributed by atoms with van der Waals surface area (Å²) in [5.74, 6) is 1.76. The van der Waals surface area contributed by atoms with Gasteiger partial charge in [-0.1, -0.05) is 72.4 Å². The number of tetrazole rings is 1. The maximum atomic E-state index is 5.83. The van der Waals surface area contributed by atoms with E-state index in [-0.39, 0.29) is 12.4 Å². The van der Waals surface area contributed by atoms with Crippen molar-refractivity contribution < 1.29 is 4.74 Å². The molecule has 0 aliphatic rings. The highest BCUT2D eigenvalue weighted by atomic mass is 35.5. The summed E-state index contributed by atoms with van der Waals surface area (Å²) >= 11 is 1.63. The van der Waals surface area contributed by atoms with Gasteiger partial charge in [-0.05, 0) is 45.8 Å². The van der Waals surface area contributed by atoms with Gasteiger partial charge in [0.2, 0.25) is 5.16 Å². The molecule has 8 heteroatoms. The molecule has 160 valence electrons. The van der Waals surface area contributed by atoms with Crippen molar-refractivity contribution in [3.63, 3.8) is 0 Å². The average molecular weight is 454 g/mol. The fourth-order valence-corrected chi connectivity index (χ4v) is 3.68. The first-order valence-electron chi connectivity index (χ1n) is 9.81. The Bertz CT molecular complexity index is 1030. The molecule has 0 bridgehead atoms. The molecule has 0 unspecified atom stereocenters. The van der Waals surface area contributed by atoms with Crippen LogP contribution in [0.15, 0.2) is 90.1 Å². The van der Waals surface area contributed by atoms with Crippen molar-refractivity contribution in [2.75, 3.05) is 12.3 Å². The Morgan fingerprint density at radius 1 is 0.839 bits per heavy atom. The lowest BCUT2D eigenvalue weighted by Crippen LogP contribution is -2.16. The number of rotatable bonds is 10. The fourth-order valence-electron chi connectivity index (χ4n) is 2.89. The van der Waals surface area contributed by atoms with Crippen molar-refractivity contribution in [2.45, 2.75) is 18.3 Å². The third-order valence-corrected chi connectivity index (χ3v) is 5.37. The number of aromatic nitrogens is 4. The number of halogens is 1. The highest BCUT2D eigenvalue weighted by Crippen LogP contribution is 2.17. The molecule has 0 amide bonds. The van der Waals surface area contributed by atoms with E-state index >= 15 is 0 Å². The molecule has 1 aromatic heterocycles. The summed E-state index contributed by atoms with van der Waals surface area (Å²) in [6, 6.07) is 28.3. The largest absolute Gasteiger partial charge is 0.489 e. The summed E-state index contributed by atoms with van der Waals surface area (Å²) in [6.45, 7) is 2.25. The zero-order valence-electron chi connectivity index (χ0n) is 16.9. The first kappa shape index (κ1) is 22.8. The molecule has 0 aliphatic heterocycles. The number of para-hydroxylation sites is 1. The number of nitrogens with one attached hydrogen (secondary N) is 1. The Kier molecular flexibility index (Phi) is 8.90. The van der Waals surface area contributed by atoms with E-state index in [0.29, 0.717) is 6.61 Å². The van der Waals surface area contributed by atoms with Crippen LogP contribution in [0.3, 0.4) is 0 Å². The maximum absolute atomic E-state index is 5.83. The molecule has 0 saturated carbocycles. The van der Waals surface area contributed by atoms with Crippen LogP contribution in [0.1, 0.15) is 11.1 Å². The highest BCUT2D eigenvalue weighted by molar-refractivity contribution is 7.99. The van der Waals surface area contributed by atoms with E-state index in [1.165, 1.54) is 11.1 Å². The first-order chi connectivity index (χ1) is 14.9. The summed E-state index contributed by atoms with van der Waals surface area (Å²) in [6.07, 6.45) is 0. The van der Waals surface area contributed by atoms with Gasteiger partial charge in [-0.25, -0.2) is 0 Å². The maximum Gasteiger partial charge on any atom is 0.214 e. The number of nitrogens with zero attached hydrogens (tertiary/aromatic N) is 4. The molecule has 1 heterocycles. The lowest BCUT2D eigenvalue weighted by Gasteiger charge is -2.08. The van der Waals surface area contributed by atoms with Gasteiger partial charge in [-0.3, -0.25) is 0 Å². The average Bonchev–Trinajstić information content (AvgIpc) is 3.28. The van der Waals surface area contributed by atoms with Crippen LogP contribution in [0.4, 0.5) is 0 Å². The number of benzene rings is 3. The predicted molar refractivity (Wildman–Crippen MR) is 126 cm³/mol. The van der Waals surface area contributed by atoms with E-state index in [4.69, 9.17) is 4.74 Å². The second-order valence-electron chi connectivity index (χ2n) is 6.65. The smallest absolute Gasteiger partial charge is 0.214 e. The predicted octanol–water partition coefficient (Wildman–Crippen LogP) is 4.55. The second-order valence-corrected chi connectivity index (χ2v) is 7.71. The Hall–Kier alpha value is -2.87. The lowest BCUT2D eigenvalue weighted by molar-refractivity contribution is 0.306. The van der Waals surface area contributed by atoms with E-state index in [9.17, 15) is 0 Å². The van der Waals surface area contributed by atoms with Crippen molar-refractivity contribution >= 4 is 24.2 Å². The Morgan fingerprint density at radius 3 is 2.29 bits per heavy atom. The normalized spacial score (nSPS) is 10.5. The van der Waals surface area contributed by atoms with Gasteiger partial charge in [0, 0.05) is 18.8 Å². The van der Waals surface area contributed by atoms with E-state index in [1.54, 1.807) is 16.4 Å². The minimum atomic E-state index is 0. The van der Waals surface area contributed by atoms with Gasteiger partial charge in [0.25, 0.3) is 0 Å². The van der Waals surface area contributed by atoms with Gasteiger partial charge in [0.15, 0.2) is 0 Å². The number of hydrogen-bond acceptors (Lipinski definition) is 6. The van der Waals surface area contributed by atoms with Gasteiger partial charge in [0.1, 0.15) is 12.4 Å². The molecule has 4 rings (SSSR count). The van der Waals surface area contributed by atoms with Crippen molar-refractivity contribution in [1.29, 1.82) is 0 Å². The van der Waals surface area contributed by atoms with Crippen LogP contribution in [0.25, 0.3) is 5.69 Å². The fraction of sp³-hybridized carbons (Fsp3) is 0.174. The molecule has 0 saturated heterocycles. The van der Waals surface area contributed by atoms with Crippen LogP contribution in [-0.4, -0.2) is 32.5 Å². The molecule has 4 aromatic rings. The zero-order chi connectivity index (χ0) is 20.4. The van der Waals surface area contributed by atoms with Crippen LogP contribution < -0.4 is 10.1 Å². The number of thioether (sulfide) groups is 1. The van der Waals surface area contributed by atoms with Gasteiger partial charge >= 0.3 is 0 Å². The number of ether oxygens (including phenoxy) is 1. The topological polar surface area (TPSA) is 64.9 Å². The molecular formula is C23H24ClN5OS. The standard InChI is InChI=1S/C23H23N5OS.ClH/c1-3-7-20(8-4-1)18-29-22-13-11-19(12-14-22)17-24-15-16-30-23-25-26-27-28(23)21-9-5-2-6-10-21;/h1-14,24H,15-18H2;1H. The second kappa shape index (κ2) is 12.1. The van der Waals surface area contributed by atoms with Crippen molar-refractivity contribution in [1.82, 2.24) is 25.5 Å². The van der Waals surface area contributed by atoms with E-state index < -0.39 is 0 Å². The van der Waals surface area contributed by atoms with Crippen LogP contribution in [0, 0.1) is 0 Å². The lowest BCUT2D eigenvalue weighted by atomic mass is 10.2. The summed E-state index contributed by atoms with van der Waals surface area (Å²) in [5.41, 5.74) is 3.35. The van der Waals surface area contributed by atoms with Crippen molar-refractivity contribution in [3.8, 4) is 11.4 Å². The van der Waals surface area contributed by atoms with Crippen LogP contribution in [-0.2, 0) is 13.2 Å². The van der Waals surface area contributed by atoms with Gasteiger partial charge < -0.3 is 10.1 Å². The molecule has 3 aromatic carbocycles. The first-order valence-corrected chi connectivity index (χ1v) is 10.8. The summed E-state index contributed by atoms with van der Waals surface area (Å²) < 4.78 is 7.60. The minimum Gasteiger partial charge on any atom is -0.489 e. The van der Waals surface area contributed by atoms with E-state index in [2.05, 4.69) is 45.1 Å². The highest BCUT2D eigenvalue weighted by Gasteiger charge is 2.08. The van der Waals surface area contributed by atoms with Gasteiger partial charge in [-0.15, -0.1) is 17.5 Å². The molecular weight excluding hydrogens is 430 g/mol. The van der Waals surface area contributed by atoms with Crippen LogP contribution in [0.5, 0.6) is 5.75 Å². The Morgan fingerprint density at radius 2 is 1.55 bits per heavy atom. The number of hydrogen-bond donors (Lipinski definition) is 1. The zero-order valence-corrected chi connectivity index (χ0v) is 18.6. The molecule has 0 atom stereocenters. The Labute approximate surface area is 192 Å². The summed E-state index contributed by atoms with van der Waals surface area (Å²) in [4.78, 5) is 0. The molecule has 1 N–H and O–H groups in total. The minimum absolute atomic E-state index is 0. The summed E-state index contributed by atoms with van der Waals surface area (Å²) in [7, 11) is 0. The van der Waals surface area contributed by atoms with Gasteiger partial charge in [-0.2, -0.15) is 4.68 Å². The molecule has 0 fully saturated rings. The quantitative estimate of drug-likeness (QED) is 0.281. The van der Waals surface area contributed by atoms with Crippen molar-refractivity contribution in [2.24, 2.45) is 0 Å². The van der Waals surface area contributed by atoms with Crippen molar-refractivity contribution in [3.05, 3.63) is 96.1 Å². The SMILES string of the molecule is Cl.c1ccc(COc2ccc(CNCCSc3nnnn3-c3ccccc3)cc2)cc1.